The lowest BCUT2D eigenvalue weighted by Crippen LogP contribution is -2.40. The van der Waals surface area contributed by atoms with Crippen LogP contribution in [-0.4, -0.2) is 69.2 Å². The van der Waals surface area contributed by atoms with Gasteiger partial charge in [0.1, 0.15) is 6.54 Å². The second-order valence-corrected chi connectivity index (χ2v) is 6.59. The Bertz CT molecular complexity index is 514. The van der Waals surface area contributed by atoms with Crippen molar-refractivity contribution in [1.29, 1.82) is 0 Å². The predicted molar refractivity (Wildman–Crippen MR) is 110 cm³/mol. The molecule has 1 heterocycles. The van der Waals surface area contributed by atoms with Gasteiger partial charge in [-0.1, -0.05) is 0 Å². The summed E-state index contributed by atoms with van der Waals surface area (Å²) in [6, 6.07) is 0. The van der Waals surface area contributed by atoms with Crippen molar-refractivity contribution in [2.75, 3.05) is 47.4 Å². The summed E-state index contributed by atoms with van der Waals surface area (Å²) in [6.45, 7) is 6.14. The number of hydrogen-bond acceptors (Lipinski definition) is 5. The predicted octanol–water partition coefficient (Wildman–Crippen LogP) is 1.19. The largest absolute Gasteiger partial charge is 0.383 e. The van der Waals surface area contributed by atoms with Gasteiger partial charge in [0, 0.05) is 45.6 Å². The first-order chi connectivity index (χ1) is 10.9. The van der Waals surface area contributed by atoms with E-state index in [0.717, 1.165) is 17.1 Å². The van der Waals surface area contributed by atoms with E-state index in [9.17, 15) is 4.79 Å². The van der Waals surface area contributed by atoms with Gasteiger partial charge in [-0.05, 0) is 13.8 Å². The highest BCUT2D eigenvalue weighted by atomic mass is 127. The standard InChI is InChI=1S/C15H27N5O2S.HI/c1-11-12(2)23-13(19-11)6-7-16-15(17-8-9-22-5)18-10-14(21)20(3)4;/h6-10H2,1-5H3,(H2,16,17,18);1H. The Kier molecular flexibility index (Phi) is 11.9. The fourth-order valence-corrected chi connectivity index (χ4v) is 2.60. The van der Waals surface area contributed by atoms with E-state index >= 15 is 0 Å². The van der Waals surface area contributed by atoms with Crippen molar-refractivity contribution < 1.29 is 9.53 Å². The number of carbonyl (C=O) groups is 1. The summed E-state index contributed by atoms with van der Waals surface area (Å²) in [5, 5.41) is 7.48. The van der Waals surface area contributed by atoms with Crippen LogP contribution in [-0.2, 0) is 16.0 Å². The number of rotatable bonds is 8. The molecule has 2 N–H and O–H groups in total. The molecule has 9 heteroatoms. The van der Waals surface area contributed by atoms with Crippen LogP contribution in [0.3, 0.4) is 0 Å². The summed E-state index contributed by atoms with van der Waals surface area (Å²) >= 11 is 1.72. The summed E-state index contributed by atoms with van der Waals surface area (Å²) < 4.78 is 5.02. The van der Waals surface area contributed by atoms with Crippen LogP contribution in [0.1, 0.15) is 15.6 Å². The Morgan fingerprint density at radius 3 is 2.50 bits per heavy atom. The Hall–Kier alpha value is -0.940. The smallest absolute Gasteiger partial charge is 0.243 e. The summed E-state index contributed by atoms with van der Waals surface area (Å²) in [7, 11) is 5.08. The molecule has 24 heavy (non-hydrogen) atoms. The van der Waals surface area contributed by atoms with E-state index in [1.54, 1.807) is 32.5 Å². The number of aromatic nitrogens is 1. The first-order valence-corrected chi connectivity index (χ1v) is 8.40. The molecule has 1 aromatic heterocycles. The van der Waals surface area contributed by atoms with Crippen LogP contribution < -0.4 is 10.6 Å². The number of halogens is 1. The van der Waals surface area contributed by atoms with Crippen LogP contribution in [0.15, 0.2) is 4.99 Å². The Morgan fingerprint density at radius 1 is 1.29 bits per heavy atom. The van der Waals surface area contributed by atoms with Gasteiger partial charge in [0.2, 0.25) is 5.91 Å². The summed E-state index contributed by atoms with van der Waals surface area (Å²) in [4.78, 5) is 23.2. The Balaban J connectivity index is 0.00000529. The number of nitrogens with zero attached hydrogens (tertiary/aromatic N) is 3. The number of methoxy groups -OCH3 is 1. The van der Waals surface area contributed by atoms with Crippen LogP contribution in [0.2, 0.25) is 0 Å². The number of aliphatic imine (C=N–C) groups is 1. The summed E-state index contributed by atoms with van der Waals surface area (Å²) in [5.74, 6) is 0.575. The lowest BCUT2D eigenvalue weighted by atomic mass is 10.4. The maximum Gasteiger partial charge on any atom is 0.243 e. The van der Waals surface area contributed by atoms with Gasteiger partial charge in [-0.3, -0.25) is 4.79 Å². The minimum Gasteiger partial charge on any atom is -0.383 e. The molecular formula is C15H28IN5O2S. The van der Waals surface area contributed by atoms with Gasteiger partial charge in [0.15, 0.2) is 5.96 Å². The number of nitrogens with one attached hydrogen (secondary N) is 2. The van der Waals surface area contributed by atoms with Crippen LogP contribution >= 0.6 is 35.3 Å². The van der Waals surface area contributed by atoms with Crippen molar-refractivity contribution in [3.05, 3.63) is 15.6 Å². The summed E-state index contributed by atoms with van der Waals surface area (Å²) in [6.07, 6.45) is 0.825. The van der Waals surface area contributed by atoms with Crippen molar-refractivity contribution in [3.63, 3.8) is 0 Å². The van der Waals surface area contributed by atoms with Crippen molar-refractivity contribution >= 4 is 47.2 Å². The van der Waals surface area contributed by atoms with E-state index in [4.69, 9.17) is 4.74 Å². The molecule has 0 saturated heterocycles. The van der Waals surface area contributed by atoms with Gasteiger partial charge < -0.3 is 20.3 Å². The van der Waals surface area contributed by atoms with E-state index < -0.39 is 0 Å². The van der Waals surface area contributed by atoms with Gasteiger partial charge in [-0.15, -0.1) is 35.3 Å². The average molecular weight is 469 g/mol. The zero-order chi connectivity index (χ0) is 17.2. The molecule has 1 amide bonds. The third kappa shape index (κ3) is 8.78. The van der Waals surface area contributed by atoms with Crippen molar-refractivity contribution in [3.8, 4) is 0 Å². The molecule has 0 radical (unpaired) electrons. The van der Waals surface area contributed by atoms with Gasteiger partial charge in [-0.25, -0.2) is 9.98 Å². The van der Waals surface area contributed by atoms with Gasteiger partial charge in [-0.2, -0.15) is 0 Å². The van der Waals surface area contributed by atoms with Crippen molar-refractivity contribution in [2.24, 2.45) is 4.99 Å². The molecule has 7 nitrogen and oxygen atoms in total. The third-order valence-electron chi connectivity index (χ3n) is 3.17. The average Bonchev–Trinajstić information content (AvgIpc) is 2.82. The maximum absolute atomic E-state index is 11.6. The first kappa shape index (κ1) is 23.1. The number of guanidine groups is 1. The lowest BCUT2D eigenvalue weighted by molar-refractivity contribution is -0.127. The highest BCUT2D eigenvalue weighted by Crippen LogP contribution is 2.16. The van der Waals surface area contributed by atoms with Crippen LogP contribution in [0.5, 0.6) is 0 Å². The number of aryl methyl sites for hydroxylation is 2. The lowest BCUT2D eigenvalue weighted by Gasteiger charge is -2.13. The number of carbonyl (C=O) groups excluding carboxylic acids is 1. The molecule has 0 aliphatic rings. The molecule has 1 rings (SSSR count). The van der Waals surface area contributed by atoms with Crippen LogP contribution in [0, 0.1) is 13.8 Å². The van der Waals surface area contributed by atoms with Crippen molar-refractivity contribution in [1.82, 2.24) is 20.5 Å². The zero-order valence-electron chi connectivity index (χ0n) is 15.0. The minimum absolute atomic E-state index is 0. The van der Waals surface area contributed by atoms with Crippen LogP contribution in [0.25, 0.3) is 0 Å². The Labute approximate surface area is 165 Å². The molecular weight excluding hydrogens is 441 g/mol. The van der Waals surface area contributed by atoms with Crippen molar-refractivity contribution in [2.45, 2.75) is 20.3 Å². The van der Waals surface area contributed by atoms with E-state index in [1.165, 1.54) is 9.78 Å². The van der Waals surface area contributed by atoms with E-state index in [2.05, 4.69) is 27.5 Å². The molecule has 0 bridgehead atoms. The fraction of sp³-hybridized carbons (Fsp3) is 0.667. The SMILES string of the molecule is COCCNC(=NCC(=O)N(C)C)NCCc1nc(C)c(C)s1.I. The summed E-state index contributed by atoms with van der Waals surface area (Å²) in [5.41, 5.74) is 1.09. The third-order valence-corrected chi connectivity index (χ3v) is 4.31. The molecule has 0 aromatic carbocycles. The molecule has 0 saturated carbocycles. The van der Waals surface area contributed by atoms with E-state index in [0.29, 0.717) is 25.7 Å². The molecule has 138 valence electrons. The number of amides is 1. The second-order valence-electron chi connectivity index (χ2n) is 5.30. The molecule has 0 aliphatic heterocycles. The monoisotopic (exact) mass is 469 g/mol. The molecule has 0 spiro atoms. The quantitative estimate of drug-likeness (QED) is 0.259. The fourth-order valence-electron chi connectivity index (χ4n) is 1.67. The van der Waals surface area contributed by atoms with Crippen LogP contribution in [0.4, 0.5) is 0 Å². The highest BCUT2D eigenvalue weighted by molar-refractivity contribution is 14.0. The molecule has 1 aromatic rings. The second kappa shape index (κ2) is 12.4. The zero-order valence-corrected chi connectivity index (χ0v) is 18.2. The minimum atomic E-state index is -0.0379. The molecule has 0 atom stereocenters. The van der Waals surface area contributed by atoms with Gasteiger partial charge in [0.05, 0.1) is 17.3 Å². The van der Waals surface area contributed by atoms with Gasteiger partial charge in [0.25, 0.3) is 0 Å². The maximum atomic E-state index is 11.6. The molecule has 0 aliphatic carbocycles. The normalized spacial score (nSPS) is 11.0. The number of ether oxygens (including phenoxy) is 1. The van der Waals surface area contributed by atoms with E-state index in [-0.39, 0.29) is 36.4 Å². The topological polar surface area (TPSA) is 78.8 Å². The molecule has 0 unspecified atom stereocenters. The van der Waals surface area contributed by atoms with Gasteiger partial charge >= 0.3 is 0 Å². The van der Waals surface area contributed by atoms with E-state index in [1.807, 2.05) is 6.92 Å². The first-order valence-electron chi connectivity index (χ1n) is 7.58. The Morgan fingerprint density at radius 2 is 1.96 bits per heavy atom. The molecule has 0 fully saturated rings. The number of likely N-dealkylation sites (N-methyl/N-ethyl adjacent to an activating group) is 1. The number of hydrogen-bond donors (Lipinski definition) is 2. The number of thiazole rings is 1. The highest BCUT2D eigenvalue weighted by Gasteiger charge is 2.06.